The lowest BCUT2D eigenvalue weighted by molar-refractivity contribution is 0.255. The van der Waals surface area contributed by atoms with Crippen LogP contribution in [-0.4, -0.2) is 6.04 Å². The largest absolute Gasteiger partial charge is 0.307 e. The van der Waals surface area contributed by atoms with Crippen LogP contribution in [0.3, 0.4) is 0 Å². The van der Waals surface area contributed by atoms with Crippen molar-refractivity contribution in [3.63, 3.8) is 0 Å². The Morgan fingerprint density at radius 2 is 2.00 bits per heavy atom. The maximum Gasteiger partial charge on any atom is 0.0322 e. The number of hydrogen-bond donors (Lipinski definition) is 1. The number of rotatable bonds is 6. The van der Waals surface area contributed by atoms with E-state index in [0.717, 1.165) is 0 Å². The highest BCUT2D eigenvalue weighted by molar-refractivity contribution is 5.19. The van der Waals surface area contributed by atoms with Crippen LogP contribution in [0.15, 0.2) is 30.3 Å². The average Bonchev–Trinajstić information content (AvgIpc) is 2.74. The van der Waals surface area contributed by atoms with Gasteiger partial charge in [-0.25, -0.2) is 0 Å². The predicted octanol–water partition coefficient (Wildman–Crippen LogP) is 5.09. The Morgan fingerprint density at radius 1 is 1.26 bits per heavy atom. The molecule has 1 nitrogen and oxygen atoms in total. The molecule has 0 amide bonds. The highest BCUT2D eigenvalue weighted by atomic mass is 15.0. The Morgan fingerprint density at radius 3 is 2.58 bits per heavy atom. The van der Waals surface area contributed by atoms with Crippen molar-refractivity contribution in [3.05, 3.63) is 35.9 Å². The van der Waals surface area contributed by atoms with E-state index in [0.29, 0.717) is 17.5 Å². The minimum Gasteiger partial charge on any atom is -0.307 e. The molecule has 2 atom stereocenters. The maximum absolute atomic E-state index is 3.96. The fourth-order valence-electron chi connectivity index (χ4n) is 3.32. The first-order chi connectivity index (χ1) is 9.13. The summed E-state index contributed by atoms with van der Waals surface area (Å²) in [7, 11) is 0. The summed E-state index contributed by atoms with van der Waals surface area (Å²) >= 11 is 0. The molecular weight excluding hydrogens is 230 g/mol. The zero-order valence-corrected chi connectivity index (χ0v) is 12.8. The van der Waals surface area contributed by atoms with Gasteiger partial charge in [0.05, 0.1) is 0 Å². The second kappa shape index (κ2) is 6.56. The van der Waals surface area contributed by atoms with Gasteiger partial charge < -0.3 is 5.32 Å². The molecule has 19 heavy (non-hydrogen) atoms. The van der Waals surface area contributed by atoms with Gasteiger partial charge in [-0.2, -0.15) is 0 Å². The van der Waals surface area contributed by atoms with Crippen LogP contribution < -0.4 is 5.32 Å². The van der Waals surface area contributed by atoms with Crippen LogP contribution in [0.2, 0.25) is 0 Å². The minimum absolute atomic E-state index is 0.458. The standard InChI is InChI=1S/C18H29N/c1-4-5-12-16(15-10-7-6-8-11-15)19-17-13-9-14-18(17,2)3/h6-8,10-11,16-17,19H,4-5,9,12-14H2,1-3H3. The van der Waals surface area contributed by atoms with Crippen LogP contribution in [0.4, 0.5) is 0 Å². The molecule has 0 radical (unpaired) electrons. The van der Waals surface area contributed by atoms with Crippen molar-refractivity contribution in [1.29, 1.82) is 0 Å². The molecule has 0 bridgehead atoms. The average molecular weight is 259 g/mol. The van der Waals surface area contributed by atoms with Crippen molar-refractivity contribution in [2.45, 2.75) is 71.4 Å². The normalized spacial score (nSPS) is 23.4. The molecule has 1 aliphatic rings. The van der Waals surface area contributed by atoms with Crippen LogP contribution >= 0.6 is 0 Å². The van der Waals surface area contributed by atoms with Crippen molar-refractivity contribution in [3.8, 4) is 0 Å². The maximum atomic E-state index is 3.96. The molecule has 2 unspecified atom stereocenters. The minimum atomic E-state index is 0.458. The second-order valence-corrected chi connectivity index (χ2v) is 6.71. The summed E-state index contributed by atoms with van der Waals surface area (Å²) in [5.41, 5.74) is 1.91. The smallest absolute Gasteiger partial charge is 0.0322 e. The monoisotopic (exact) mass is 259 g/mol. The molecule has 1 heteroatoms. The molecule has 1 saturated carbocycles. The highest BCUT2D eigenvalue weighted by Gasteiger charge is 2.35. The fourth-order valence-corrected chi connectivity index (χ4v) is 3.32. The number of hydrogen-bond acceptors (Lipinski definition) is 1. The molecule has 2 rings (SSSR count). The van der Waals surface area contributed by atoms with Crippen molar-refractivity contribution >= 4 is 0 Å². The quantitative estimate of drug-likeness (QED) is 0.750. The van der Waals surface area contributed by atoms with Crippen molar-refractivity contribution in [2.75, 3.05) is 0 Å². The summed E-state index contributed by atoms with van der Waals surface area (Å²) in [4.78, 5) is 0. The van der Waals surface area contributed by atoms with E-state index in [1.165, 1.54) is 44.1 Å². The van der Waals surface area contributed by atoms with E-state index in [1.54, 1.807) is 0 Å². The molecule has 1 fully saturated rings. The van der Waals surface area contributed by atoms with Crippen molar-refractivity contribution in [1.82, 2.24) is 5.32 Å². The third-order valence-corrected chi connectivity index (χ3v) is 4.71. The Bertz CT molecular complexity index is 369. The SMILES string of the molecule is CCCCC(NC1CCCC1(C)C)c1ccccc1. The summed E-state index contributed by atoms with van der Waals surface area (Å²) in [6.45, 7) is 7.11. The molecule has 0 saturated heterocycles. The predicted molar refractivity (Wildman–Crippen MR) is 83.3 cm³/mol. The van der Waals surface area contributed by atoms with Gasteiger partial charge in [0.25, 0.3) is 0 Å². The molecule has 0 spiro atoms. The first kappa shape index (κ1) is 14.6. The summed E-state index contributed by atoms with van der Waals surface area (Å²) in [6.07, 6.45) is 7.91. The van der Waals surface area contributed by atoms with Crippen LogP contribution in [0.5, 0.6) is 0 Å². The van der Waals surface area contributed by atoms with Crippen LogP contribution in [-0.2, 0) is 0 Å². The van der Waals surface area contributed by atoms with E-state index < -0.39 is 0 Å². The van der Waals surface area contributed by atoms with Gasteiger partial charge in [0, 0.05) is 12.1 Å². The Labute approximate surface area is 118 Å². The molecule has 1 aliphatic carbocycles. The van der Waals surface area contributed by atoms with Gasteiger partial charge in [0.2, 0.25) is 0 Å². The van der Waals surface area contributed by atoms with E-state index in [1.807, 2.05) is 0 Å². The van der Waals surface area contributed by atoms with E-state index in [9.17, 15) is 0 Å². The van der Waals surface area contributed by atoms with Crippen LogP contribution in [0.1, 0.15) is 70.9 Å². The van der Waals surface area contributed by atoms with Crippen molar-refractivity contribution in [2.24, 2.45) is 5.41 Å². The number of nitrogens with one attached hydrogen (secondary N) is 1. The molecule has 106 valence electrons. The van der Waals surface area contributed by atoms with Gasteiger partial charge in [-0.1, -0.05) is 70.4 Å². The molecule has 1 aromatic rings. The summed E-state index contributed by atoms with van der Waals surface area (Å²) in [6, 6.07) is 12.2. The molecule has 0 aliphatic heterocycles. The topological polar surface area (TPSA) is 12.0 Å². The van der Waals surface area contributed by atoms with Gasteiger partial charge in [0.15, 0.2) is 0 Å². The fraction of sp³-hybridized carbons (Fsp3) is 0.667. The van der Waals surface area contributed by atoms with E-state index in [4.69, 9.17) is 0 Å². The lowest BCUT2D eigenvalue weighted by atomic mass is 9.86. The zero-order chi connectivity index (χ0) is 13.7. The van der Waals surface area contributed by atoms with E-state index in [2.05, 4.69) is 56.4 Å². The van der Waals surface area contributed by atoms with E-state index in [-0.39, 0.29) is 0 Å². The number of benzene rings is 1. The van der Waals surface area contributed by atoms with E-state index >= 15 is 0 Å². The Kier molecular flexibility index (Phi) is 5.04. The molecule has 0 heterocycles. The third-order valence-electron chi connectivity index (χ3n) is 4.71. The zero-order valence-electron chi connectivity index (χ0n) is 12.8. The summed E-state index contributed by atoms with van der Waals surface area (Å²) in [5, 5.41) is 3.96. The highest BCUT2D eigenvalue weighted by Crippen LogP contribution is 2.38. The van der Waals surface area contributed by atoms with Gasteiger partial charge >= 0.3 is 0 Å². The first-order valence-corrected chi connectivity index (χ1v) is 7.94. The van der Waals surface area contributed by atoms with Gasteiger partial charge in [-0.05, 0) is 30.2 Å². The van der Waals surface area contributed by atoms with Crippen LogP contribution in [0.25, 0.3) is 0 Å². The molecule has 1 aromatic carbocycles. The van der Waals surface area contributed by atoms with Gasteiger partial charge in [-0.15, -0.1) is 0 Å². The van der Waals surface area contributed by atoms with Crippen molar-refractivity contribution < 1.29 is 0 Å². The van der Waals surface area contributed by atoms with Crippen LogP contribution in [0, 0.1) is 5.41 Å². The third kappa shape index (κ3) is 3.82. The summed E-state index contributed by atoms with van der Waals surface area (Å²) in [5.74, 6) is 0. The first-order valence-electron chi connectivity index (χ1n) is 7.94. The summed E-state index contributed by atoms with van der Waals surface area (Å²) < 4.78 is 0. The molecule has 0 aromatic heterocycles. The molecular formula is C18H29N. The number of unbranched alkanes of at least 4 members (excludes halogenated alkanes) is 1. The lowest BCUT2D eigenvalue weighted by Crippen LogP contribution is -2.40. The Hall–Kier alpha value is -0.820. The lowest BCUT2D eigenvalue weighted by Gasteiger charge is -2.32. The second-order valence-electron chi connectivity index (χ2n) is 6.71. The van der Waals surface area contributed by atoms with Gasteiger partial charge in [0.1, 0.15) is 0 Å². The molecule has 1 N–H and O–H groups in total. The van der Waals surface area contributed by atoms with Gasteiger partial charge in [-0.3, -0.25) is 0 Å². The Balaban J connectivity index is 2.06.